The molecule has 1 heterocycles. The minimum atomic E-state index is -0.0298. The first-order valence-electron chi connectivity index (χ1n) is 8.91. The van der Waals surface area contributed by atoms with Gasteiger partial charge in [0.25, 0.3) is 0 Å². The van der Waals surface area contributed by atoms with E-state index in [2.05, 4.69) is 41.4 Å². The molecule has 0 saturated carbocycles. The van der Waals surface area contributed by atoms with Crippen LogP contribution in [0.15, 0.2) is 42.5 Å². The van der Waals surface area contributed by atoms with E-state index < -0.39 is 0 Å². The van der Waals surface area contributed by atoms with Crippen molar-refractivity contribution >= 4 is 6.41 Å². The molecule has 5 heteroatoms. The summed E-state index contributed by atoms with van der Waals surface area (Å²) in [4.78, 5) is 13.5. The summed E-state index contributed by atoms with van der Waals surface area (Å²) in [5, 5.41) is 2.96. The zero-order valence-corrected chi connectivity index (χ0v) is 15.6. The number of nitrogens with zero attached hydrogens (tertiary/aromatic N) is 1. The number of ether oxygens (including phenoxy) is 2. The maximum atomic E-state index is 11.1. The van der Waals surface area contributed by atoms with Crippen LogP contribution in [0.3, 0.4) is 0 Å². The number of carbonyl (C=O) groups excluding carboxylic acids is 1. The standard InChI is InChI=1S/C21H26N2O3/c1-15-18-12-21(26-3)20(25-2)11-17(18)9-10-23(15)13-19(22-14-24)16-7-5-4-6-8-16/h4-8,11-12,14-15,19H,9-10,13H2,1-3H3,(H,22,24). The fourth-order valence-electron chi connectivity index (χ4n) is 3.70. The van der Waals surface area contributed by atoms with Crippen molar-refractivity contribution in [3.8, 4) is 11.5 Å². The second-order valence-corrected chi connectivity index (χ2v) is 6.57. The van der Waals surface area contributed by atoms with Gasteiger partial charge in [0.2, 0.25) is 6.41 Å². The number of carbonyl (C=O) groups is 1. The average Bonchev–Trinajstić information content (AvgIpc) is 2.69. The van der Waals surface area contributed by atoms with E-state index in [4.69, 9.17) is 9.47 Å². The molecule has 138 valence electrons. The van der Waals surface area contributed by atoms with E-state index in [9.17, 15) is 4.79 Å². The van der Waals surface area contributed by atoms with Gasteiger partial charge in [-0.2, -0.15) is 0 Å². The summed E-state index contributed by atoms with van der Waals surface area (Å²) in [6.45, 7) is 3.90. The Morgan fingerprint density at radius 2 is 1.88 bits per heavy atom. The van der Waals surface area contributed by atoms with Crippen molar-refractivity contribution < 1.29 is 14.3 Å². The molecule has 0 spiro atoms. The molecule has 1 aliphatic rings. The molecule has 1 aliphatic heterocycles. The maximum Gasteiger partial charge on any atom is 0.207 e. The Labute approximate surface area is 154 Å². The third-order valence-electron chi connectivity index (χ3n) is 5.20. The molecule has 0 saturated heterocycles. The minimum absolute atomic E-state index is 0.0298. The Morgan fingerprint density at radius 1 is 1.19 bits per heavy atom. The second kappa shape index (κ2) is 8.23. The van der Waals surface area contributed by atoms with Crippen molar-refractivity contribution in [3.63, 3.8) is 0 Å². The van der Waals surface area contributed by atoms with Crippen LogP contribution in [0, 0.1) is 0 Å². The maximum absolute atomic E-state index is 11.1. The summed E-state index contributed by atoms with van der Waals surface area (Å²) in [6, 6.07) is 14.5. The molecule has 2 unspecified atom stereocenters. The lowest BCUT2D eigenvalue weighted by Crippen LogP contribution is -2.40. The smallest absolute Gasteiger partial charge is 0.207 e. The summed E-state index contributed by atoms with van der Waals surface area (Å²) in [5.41, 5.74) is 3.67. The molecule has 3 rings (SSSR count). The number of hydrogen-bond donors (Lipinski definition) is 1. The Balaban J connectivity index is 1.83. The predicted molar refractivity (Wildman–Crippen MR) is 102 cm³/mol. The molecule has 2 aromatic carbocycles. The van der Waals surface area contributed by atoms with Crippen molar-refractivity contribution in [1.29, 1.82) is 0 Å². The van der Waals surface area contributed by atoms with Crippen LogP contribution in [0.1, 0.15) is 35.7 Å². The number of nitrogens with one attached hydrogen (secondary N) is 1. The third kappa shape index (κ3) is 3.68. The van der Waals surface area contributed by atoms with Gasteiger partial charge < -0.3 is 14.8 Å². The highest BCUT2D eigenvalue weighted by atomic mass is 16.5. The number of fused-ring (bicyclic) bond motifs is 1. The normalized spacial score (nSPS) is 17.9. The molecular formula is C21H26N2O3. The molecule has 0 aromatic heterocycles. The zero-order valence-electron chi connectivity index (χ0n) is 15.6. The molecule has 0 radical (unpaired) electrons. The predicted octanol–water partition coefficient (Wildman–Crippen LogP) is 3.11. The first-order valence-corrected chi connectivity index (χ1v) is 8.91. The van der Waals surface area contributed by atoms with Gasteiger partial charge in [-0.3, -0.25) is 9.69 Å². The molecule has 2 atom stereocenters. The summed E-state index contributed by atoms with van der Waals surface area (Å²) in [6.07, 6.45) is 1.73. The molecule has 2 aromatic rings. The number of rotatable bonds is 7. The first kappa shape index (κ1) is 18.3. The molecular weight excluding hydrogens is 328 g/mol. The lowest BCUT2D eigenvalue weighted by Gasteiger charge is -2.37. The average molecular weight is 354 g/mol. The Kier molecular flexibility index (Phi) is 5.78. The van der Waals surface area contributed by atoms with Gasteiger partial charge in [0.05, 0.1) is 20.3 Å². The lowest BCUT2D eigenvalue weighted by atomic mass is 9.92. The van der Waals surface area contributed by atoms with Crippen molar-refractivity contribution in [1.82, 2.24) is 10.2 Å². The fraction of sp³-hybridized carbons (Fsp3) is 0.381. The highest BCUT2D eigenvalue weighted by Crippen LogP contribution is 2.38. The number of hydrogen-bond acceptors (Lipinski definition) is 4. The first-order chi connectivity index (χ1) is 12.7. The van der Waals surface area contributed by atoms with E-state index in [0.717, 1.165) is 43.0 Å². The van der Waals surface area contributed by atoms with Gasteiger partial charge in [0.15, 0.2) is 11.5 Å². The Morgan fingerprint density at radius 3 is 2.54 bits per heavy atom. The van der Waals surface area contributed by atoms with Crippen molar-refractivity contribution in [2.75, 3.05) is 27.3 Å². The zero-order chi connectivity index (χ0) is 18.5. The lowest BCUT2D eigenvalue weighted by molar-refractivity contribution is -0.110. The van der Waals surface area contributed by atoms with Crippen LogP contribution >= 0.6 is 0 Å². The summed E-state index contributed by atoms with van der Waals surface area (Å²) >= 11 is 0. The minimum Gasteiger partial charge on any atom is -0.493 e. The van der Waals surface area contributed by atoms with E-state index in [1.54, 1.807) is 14.2 Å². The SMILES string of the molecule is COc1cc2c(cc1OC)C(C)N(CC(NC=O)c1ccccc1)CC2. The van der Waals surface area contributed by atoms with Gasteiger partial charge in [-0.25, -0.2) is 0 Å². The van der Waals surface area contributed by atoms with Gasteiger partial charge in [-0.15, -0.1) is 0 Å². The van der Waals surface area contributed by atoms with Crippen LogP contribution < -0.4 is 14.8 Å². The molecule has 0 aliphatic carbocycles. The van der Waals surface area contributed by atoms with Gasteiger partial charge in [0, 0.05) is 19.1 Å². The van der Waals surface area contributed by atoms with Gasteiger partial charge >= 0.3 is 0 Å². The quantitative estimate of drug-likeness (QED) is 0.776. The third-order valence-corrected chi connectivity index (χ3v) is 5.20. The van der Waals surface area contributed by atoms with E-state index >= 15 is 0 Å². The van der Waals surface area contributed by atoms with Crippen molar-refractivity contribution in [2.24, 2.45) is 0 Å². The molecule has 0 fully saturated rings. The summed E-state index contributed by atoms with van der Waals surface area (Å²) < 4.78 is 10.9. The molecule has 26 heavy (non-hydrogen) atoms. The second-order valence-electron chi connectivity index (χ2n) is 6.57. The van der Waals surface area contributed by atoms with Gasteiger partial charge in [-0.1, -0.05) is 30.3 Å². The molecule has 0 bridgehead atoms. The van der Waals surface area contributed by atoms with E-state index in [1.807, 2.05) is 18.2 Å². The Hall–Kier alpha value is -2.53. The number of methoxy groups -OCH3 is 2. The Bertz CT molecular complexity index is 748. The van der Waals surface area contributed by atoms with Crippen LogP contribution in [0.25, 0.3) is 0 Å². The van der Waals surface area contributed by atoms with Crippen LogP contribution in [0.5, 0.6) is 11.5 Å². The van der Waals surface area contributed by atoms with Crippen molar-refractivity contribution in [3.05, 3.63) is 59.2 Å². The molecule has 5 nitrogen and oxygen atoms in total. The van der Waals surface area contributed by atoms with Crippen molar-refractivity contribution in [2.45, 2.75) is 25.4 Å². The largest absolute Gasteiger partial charge is 0.493 e. The highest BCUT2D eigenvalue weighted by Gasteiger charge is 2.28. The van der Waals surface area contributed by atoms with E-state index in [0.29, 0.717) is 0 Å². The molecule has 1 amide bonds. The van der Waals surface area contributed by atoms with E-state index in [-0.39, 0.29) is 12.1 Å². The topological polar surface area (TPSA) is 50.8 Å². The van der Waals surface area contributed by atoms with Crippen LogP contribution in [-0.2, 0) is 11.2 Å². The van der Waals surface area contributed by atoms with E-state index in [1.165, 1.54) is 11.1 Å². The summed E-state index contributed by atoms with van der Waals surface area (Å²) in [7, 11) is 3.33. The monoisotopic (exact) mass is 354 g/mol. The number of benzene rings is 2. The van der Waals surface area contributed by atoms with Crippen LogP contribution in [0.4, 0.5) is 0 Å². The van der Waals surface area contributed by atoms with Crippen LogP contribution in [-0.4, -0.2) is 38.6 Å². The van der Waals surface area contributed by atoms with Gasteiger partial charge in [0.1, 0.15) is 0 Å². The van der Waals surface area contributed by atoms with Gasteiger partial charge in [-0.05, 0) is 42.2 Å². The number of amides is 1. The highest BCUT2D eigenvalue weighted by molar-refractivity contribution is 5.50. The summed E-state index contributed by atoms with van der Waals surface area (Å²) in [5.74, 6) is 1.53. The molecule has 1 N–H and O–H groups in total. The fourth-order valence-corrected chi connectivity index (χ4v) is 3.70. The van der Waals surface area contributed by atoms with Crippen LogP contribution in [0.2, 0.25) is 0 Å².